The summed E-state index contributed by atoms with van der Waals surface area (Å²) in [6.07, 6.45) is 1.81. The first-order valence-electron chi connectivity index (χ1n) is 12.5. The van der Waals surface area contributed by atoms with Gasteiger partial charge in [0.05, 0.1) is 36.6 Å². The smallest absolute Gasteiger partial charge is 0.338 e. The third kappa shape index (κ3) is 5.61. The van der Waals surface area contributed by atoms with E-state index in [1.165, 1.54) is 0 Å². The normalized spacial score (nSPS) is 11.7. The summed E-state index contributed by atoms with van der Waals surface area (Å²) in [7, 11) is 3.51. The third-order valence-corrected chi connectivity index (χ3v) is 6.50. The van der Waals surface area contributed by atoms with Crippen LogP contribution < -0.4 is 15.6 Å². The number of anilines is 1. The van der Waals surface area contributed by atoms with E-state index in [1.807, 2.05) is 85.4 Å². The molecule has 4 rings (SSSR count). The molecule has 1 aromatic heterocycles. The molecular weight excluding hydrogens is 466 g/mol. The lowest BCUT2D eigenvalue weighted by Crippen LogP contribution is -2.24. The molecule has 0 amide bonds. The predicted molar refractivity (Wildman–Crippen MR) is 146 cm³/mol. The fraction of sp³-hybridized carbons (Fsp3) is 0.267. The molecule has 0 aliphatic rings. The van der Waals surface area contributed by atoms with Crippen molar-refractivity contribution in [3.05, 3.63) is 112 Å². The molecule has 0 bridgehead atoms. The predicted octanol–water partition coefficient (Wildman–Crippen LogP) is 5.65. The number of rotatable bonds is 10. The molecule has 7 heteroatoms. The van der Waals surface area contributed by atoms with Gasteiger partial charge in [-0.15, -0.1) is 0 Å². The van der Waals surface area contributed by atoms with Crippen molar-refractivity contribution in [1.29, 1.82) is 0 Å². The largest absolute Gasteiger partial charge is 0.497 e. The molecule has 1 atom stereocenters. The van der Waals surface area contributed by atoms with Gasteiger partial charge < -0.3 is 14.8 Å². The van der Waals surface area contributed by atoms with Gasteiger partial charge in [0.1, 0.15) is 5.75 Å². The molecule has 0 radical (unpaired) electrons. The molecule has 1 N–H and O–H groups in total. The highest BCUT2D eigenvalue weighted by Gasteiger charge is 2.26. The van der Waals surface area contributed by atoms with E-state index in [4.69, 9.17) is 9.47 Å². The van der Waals surface area contributed by atoms with Crippen LogP contribution in [0.15, 0.2) is 83.7 Å². The lowest BCUT2D eigenvalue weighted by Gasteiger charge is -2.20. The monoisotopic (exact) mass is 499 g/mol. The summed E-state index contributed by atoms with van der Waals surface area (Å²) in [5.41, 5.74) is 4.36. The Morgan fingerprint density at radius 2 is 1.65 bits per heavy atom. The second-order valence-corrected chi connectivity index (χ2v) is 8.89. The van der Waals surface area contributed by atoms with E-state index in [1.54, 1.807) is 23.9 Å². The van der Waals surface area contributed by atoms with E-state index >= 15 is 0 Å². The Hall–Kier alpha value is -4.26. The van der Waals surface area contributed by atoms with E-state index in [0.29, 0.717) is 17.7 Å². The molecule has 0 spiro atoms. The number of para-hydroxylation sites is 1. The number of hydrogen-bond acceptors (Lipinski definition) is 5. The van der Waals surface area contributed by atoms with Crippen LogP contribution in [0, 0.1) is 6.92 Å². The van der Waals surface area contributed by atoms with Crippen LogP contribution in [-0.2, 0) is 11.8 Å². The lowest BCUT2D eigenvalue weighted by molar-refractivity contribution is 0.0500. The van der Waals surface area contributed by atoms with Crippen LogP contribution in [0.2, 0.25) is 0 Å². The Morgan fingerprint density at radius 1 is 0.973 bits per heavy atom. The van der Waals surface area contributed by atoms with Crippen molar-refractivity contribution in [1.82, 2.24) is 9.36 Å². The summed E-state index contributed by atoms with van der Waals surface area (Å²) < 4.78 is 14.2. The second kappa shape index (κ2) is 11.6. The zero-order valence-corrected chi connectivity index (χ0v) is 21.7. The van der Waals surface area contributed by atoms with Crippen LogP contribution in [0.3, 0.4) is 0 Å². The summed E-state index contributed by atoms with van der Waals surface area (Å²) in [6, 6.07) is 24.0. The average Bonchev–Trinajstić information content (AvgIpc) is 3.15. The van der Waals surface area contributed by atoms with Crippen molar-refractivity contribution in [3.8, 4) is 11.4 Å². The van der Waals surface area contributed by atoms with Gasteiger partial charge in [0.15, 0.2) is 0 Å². The number of esters is 1. The van der Waals surface area contributed by atoms with Crippen LogP contribution in [0.25, 0.3) is 5.69 Å². The van der Waals surface area contributed by atoms with Crippen molar-refractivity contribution < 1.29 is 14.3 Å². The van der Waals surface area contributed by atoms with Crippen LogP contribution in [-0.4, -0.2) is 29.0 Å². The molecule has 0 aliphatic carbocycles. The maximum atomic E-state index is 13.8. The number of ether oxygens (including phenoxy) is 2. The highest BCUT2D eigenvalue weighted by atomic mass is 16.5. The summed E-state index contributed by atoms with van der Waals surface area (Å²) in [5, 5.41) is 3.52. The number of nitrogens with zero attached hydrogens (tertiary/aromatic N) is 2. The summed E-state index contributed by atoms with van der Waals surface area (Å²) in [4.78, 5) is 26.1. The van der Waals surface area contributed by atoms with Gasteiger partial charge in [-0.05, 0) is 67.4 Å². The van der Waals surface area contributed by atoms with Gasteiger partial charge in [-0.1, -0.05) is 43.7 Å². The first-order chi connectivity index (χ1) is 17.9. The zero-order chi connectivity index (χ0) is 26.4. The highest BCUT2D eigenvalue weighted by Crippen LogP contribution is 2.29. The minimum absolute atomic E-state index is 0.101. The van der Waals surface area contributed by atoms with Gasteiger partial charge >= 0.3 is 5.97 Å². The van der Waals surface area contributed by atoms with Gasteiger partial charge in [0.25, 0.3) is 5.56 Å². The van der Waals surface area contributed by atoms with Crippen molar-refractivity contribution in [3.63, 3.8) is 0 Å². The minimum atomic E-state index is -0.433. The Balaban J connectivity index is 1.72. The summed E-state index contributed by atoms with van der Waals surface area (Å²) in [5.74, 6) is 0.399. The van der Waals surface area contributed by atoms with E-state index in [-0.39, 0.29) is 11.5 Å². The van der Waals surface area contributed by atoms with Crippen molar-refractivity contribution in [2.45, 2.75) is 32.7 Å². The Bertz CT molecular complexity index is 1390. The molecule has 1 heterocycles. The van der Waals surface area contributed by atoms with Crippen LogP contribution >= 0.6 is 0 Å². The summed E-state index contributed by atoms with van der Waals surface area (Å²) >= 11 is 0. The van der Waals surface area contributed by atoms with Gasteiger partial charge in [0.2, 0.25) is 0 Å². The molecule has 0 fully saturated rings. The third-order valence-electron chi connectivity index (χ3n) is 6.50. The van der Waals surface area contributed by atoms with Gasteiger partial charge in [0, 0.05) is 18.4 Å². The molecule has 4 aromatic rings. The maximum absolute atomic E-state index is 13.8. The molecule has 3 aromatic carbocycles. The Labute approximate surface area is 217 Å². The van der Waals surface area contributed by atoms with Gasteiger partial charge in [-0.2, -0.15) is 0 Å². The average molecular weight is 500 g/mol. The van der Waals surface area contributed by atoms with Crippen LogP contribution in [0.4, 0.5) is 5.69 Å². The number of nitrogens with one attached hydrogen (secondary N) is 1. The summed E-state index contributed by atoms with van der Waals surface area (Å²) in [6.45, 7) is 4.41. The highest BCUT2D eigenvalue weighted by molar-refractivity contribution is 5.89. The van der Waals surface area contributed by atoms with Crippen LogP contribution in [0.5, 0.6) is 5.75 Å². The zero-order valence-electron chi connectivity index (χ0n) is 21.7. The van der Waals surface area contributed by atoms with E-state index in [2.05, 4.69) is 12.2 Å². The SMILES string of the molecule is CCCCOC(=O)c1ccc(N[C@@H](c2ccc(OC)cc2)c2c(C)n(C)n(-c3ccccc3)c2=O)cc1. The second-order valence-electron chi connectivity index (χ2n) is 8.89. The standard InChI is InChI=1S/C30H33N3O4/c1-5-6-20-37-30(35)23-12-16-24(17-13-23)31-28(22-14-18-26(36-4)19-15-22)27-21(2)32(3)33(29(27)34)25-10-8-7-9-11-25/h7-19,28,31H,5-6,20H2,1-4H3/t28-/m0/s1. The number of aromatic nitrogens is 2. The molecule has 0 unspecified atom stereocenters. The van der Waals surface area contributed by atoms with E-state index < -0.39 is 6.04 Å². The maximum Gasteiger partial charge on any atom is 0.338 e. The number of carbonyl (C=O) groups excluding carboxylic acids is 1. The van der Waals surface area contributed by atoms with Crippen molar-refractivity contribution in [2.24, 2.45) is 7.05 Å². The molecule has 192 valence electrons. The van der Waals surface area contributed by atoms with Crippen molar-refractivity contribution in [2.75, 3.05) is 19.0 Å². The molecule has 0 saturated heterocycles. The number of methoxy groups -OCH3 is 1. The molecule has 37 heavy (non-hydrogen) atoms. The first kappa shape index (κ1) is 25.8. The fourth-order valence-electron chi connectivity index (χ4n) is 4.30. The number of hydrogen-bond donors (Lipinski definition) is 1. The number of unbranched alkanes of at least 4 members (excludes halogenated alkanes) is 1. The lowest BCUT2D eigenvalue weighted by atomic mass is 9.98. The Morgan fingerprint density at radius 3 is 2.27 bits per heavy atom. The van der Waals surface area contributed by atoms with Gasteiger partial charge in [-0.25, -0.2) is 9.48 Å². The fourth-order valence-corrected chi connectivity index (χ4v) is 4.30. The Kier molecular flexibility index (Phi) is 8.13. The van der Waals surface area contributed by atoms with Crippen LogP contribution in [0.1, 0.15) is 53.0 Å². The number of carbonyl (C=O) groups is 1. The molecule has 0 saturated carbocycles. The van der Waals surface area contributed by atoms with E-state index in [0.717, 1.165) is 41.2 Å². The minimum Gasteiger partial charge on any atom is -0.497 e. The van der Waals surface area contributed by atoms with E-state index in [9.17, 15) is 9.59 Å². The topological polar surface area (TPSA) is 74.5 Å². The van der Waals surface area contributed by atoms with Gasteiger partial charge in [-0.3, -0.25) is 9.48 Å². The molecular formula is C30H33N3O4. The van der Waals surface area contributed by atoms with Crippen molar-refractivity contribution >= 4 is 11.7 Å². The number of benzene rings is 3. The first-order valence-corrected chi connectivity index (χ1v) is 12.5. The molecule has 0 aliphatic heterocycles. The molecule has 7 nitrogen and oxygen atoms in total. The quantitative estimate of drug-likeness (QED) is 0.225.